The second-order valence-corrected chi connectivity index (χ2v) is 33.6. The molecule has 113 heavy (non-hydrogen) atoms. The van der Waals surface area contributed by atoms with E-state index in [1.54, 1.807) is 65.1 Å². The van der Waals surface area contributed by atoms with Crippen molar-refractivity contribution < 1.29 is 87.9 Å². The monoisotopic (exact) mass is 1620 g/mol. The van der Waals surface area contributed by atoms with Crippen LogP contribution in [0.3, 0.4) is 0 Å². The molecule has 2 aromatic carbocycles. The highest BCUT2D eigenvalue weighted by atomic mass is 32.2. The van der Waals surface area contributed by atoms with Crippen molar-refractivity contribution >= 4 is 111 Å². The minimum atomic E-state index is -1.82. The predicted molar refractivity (Wildman–Crippen MR) is 425 cm³/mol. The third-order valence-electron chi connectivity index (χ3n) is 21.0. The molecule has 21 N–H and O–H groups in total. The molecule has 0 spiro atoms. The van der Waals surface area contributed by atoms with Crippen LogP contribution in [0.15, 0.2) is 54.7 Å². The number of nitrogens with two attached hydrogens (primary N) is 1. The number of carbonyl (C=O) groups is 13. The standard InChI is InChI=1S/C78H119N15O18S2/c1-8-13-54-68(102)85-56(27-28-63(99)100)69(103)86-57(32-44-19-23-50(96)24-20-44)71(105)84-55(14-9-2)70(104)92-65(43(4)95)76(110)90-61(67(79)101)40-113-39-47-16-12-15-46(31-47)38-112-30-29-62(98)91-66(78(5,6)7)77(111)89-58(33-45-21-25-51(97)26-22-45)72(106)87-60(35-49-37-80-41-82-49)74(108)93-64(42(3)94)75(109)88-59(73(107)83-54)34-48-36-81-53-18-11-10-17-52(48)53/h10-12,15-18,31,36,42-45,49-51,54-61,64-66,80-82,94-97H,8-9,13-14,19-30,32-35,37-41H2,1-7H3,(H2,79,101)(H,83,107)(H,84,105)(H,85,102)(H,86,103)(H,87,106)(H,88,109)(H,89,111)(H,90,110)(H,91,98)(H,92,104)(H,93,108)(H,99,100)/t42-,43-,44?,45?,49?,50?,51?,54+,55+,56+,57+,58+,59+,60+,61+,64+,65+,66-/m1/s1. The lowest BCUT2D eigenvalue weighted by molar-refractivity contribution is -0.139. The smallest absolute Gasteiger partial charge is 0.303 e. The summed E-state index contributed by atoms with van der Waals surface area (Å²) in [7, 11) is 0. The van der Waals surface area contributed by atoms with E-state index >= 15 is 9.59 Å². The number of rotatable bonds is 18. The van der Waals surface area contributed by atoms with E-state index in [1.807, 2.05) is 24.3 Å². The largest absolute Gasteiger partial charge is 0.481 e. The summed E-state index contributed by atoms with van der Waals surface area (Å²) in [6.07, 6.45) is -0.454. The molecule has 14 atom stereocenters. The van der Waals surface area contributed by atoms with Crippen LogP contribution in [0.2, 0.25) is 0 Å². The number of thioether (sulfide) groups is 2. The maximum absolute atomic E-state index is 15.1. The van der Waals surface area contributed by atoms with E-state index in [0.717, 1.165) is 11.1 Å². The van der Waals surface area contributed by atoms with E-state index in [2.05, 4.69) is 74.1 Å². The van der Waals surface area contributed by atoms with Gasteiger partial charge in [0.1, 0.15) is 66.5 Å². The van der Waals surface area contributed by atoms with E-state index in [1.165, 1.54) is 37.4 Å². The highest BCUT2D eigenvalue weighted by molar-refractivity contribution is 7.98. The summed E-state index contributed by atoms with van der Waals surface area (Å²) in [4.78, 5) is 190. The Morgan fingerprint density at radius 3 is 1.50 bits per heavy atom. The number of carboxylic acid groups (broad SMARTS) is 1. The Morgan fingerprint density at radius 2 is 1.00 bits per heavy atom. The van der Waals surface area contributed by atoms with Gasteiger partial charge in [0.05, 0.1) is 24.4 Å². The maximum Gasteiger partial charge on any atom is 0.303 e. The van der Waals surface area contributed by atoms with Crippen molar-refractivity contribution in [1.82, 2.24) is 74.1 Å². The number of benzene rings is 2. The third-order valence-corrected chi connectivity index (χ3v) is 23.2. The molecule has 7 rings (SSSR count). The first-order valence-corrected chi connectivity index (χ1v) is 41.8. The number of H-pyrrole nitrogens is 1. The number of para-hydroxylation sites is 1. The van der Waals surface area contributed by atoms with Crippen molar-refractivity contribution in [2.75, 3.05) is 24.7 Å². The summed E-state index contributed by atoms with van der Waals surface area (Å²) in [5.41, 5.74) is 7.83. The molecule has 626 valence electrons. The number of hydrogen-bond donors (Lipinski definition) is 20. The van der Waals surface area contributed by atoms with Crippen molar-refractivity contribution in [1.29, 1.82) is 0 Å². The second kappa shape index (κ2) is 45.0. The van der Waals surface area contributed by atoms with E-state index in [0.29, 0.717) is 98.3 Å². The Labute approximate surface area is 668 Å². The van der Waals surface area contributed by atoms with Gasteiger partial charge in [-0.15, -0.1) is 0 Å². The SMILES string of the molecule is CCC[C@@H]1NC(=O)[C@H](Cc2c[nH]c3ccccc23)NC(=O)[C@H]([C@@H](C)O)NC(=O)[C@H](CC2CNCN2)NC(=O)[C@H](CC2CCC(O)CC2)NC(=O)[C@H](C(C)(C)C)NC(=O)CCSCc2cccc(c2)CSC[C@@H](C(N)=O)NC(=O)[C@H]([C@@H](C)O)NC(=O)[C@H](CCC)NC(=O)[C@H](CC2CCC(O)CC2)NC(=O)[C@H](CCC(=O)O)NC1=O. The topological polar surface area (TPSA) is 521 Å². The molecule has 0 radical (unpaired) electrons. The summed E-state index contributed by atoms with van der Waals surface area (Å²) in [6.45, 7) is 11.9. The number of aromatic amines is 1. The van der Waals surface area contributed by atoms with Crippen LogP contribution in [0.25, 0.3) is 10.9 Å². The predicted octanol–water partition coefficient (Wildman–Crippen LogP) is 0.163. The van der Waals surface area contributed by atoms with Crippen LogP contribution in [-0.4, -0.2) is 229 Å². The maximum atomic E-state index is 15.1. The minimum absolute atomic E-state index is 0.000882. The summed E-state index contributed by atoms with van der Waals surface area (Å²) >= 11 is 2.73. The van der Waals surface area contributed by atoms with Gasteiger partial charge in [-0.1, -0.05) is 89.9 Å². The number of carboxylic acids is 1. The number of nitrogens with one attached hydrogen (secondary N) is 14. The Balaban J connectivity index is 1.23. The summed E-state index contributed by atoms with van der Waals surface area (Å²) in [5.74, 6) is -11.2. The van der Waals surface area contributed by atoms with Crippen LogP contribution in [0, 0.1) is 17.3 Å². The number of fused-ring (bicyclic) bond motifs is 3. The Hall–Kier alpha value is -8.45. The average molecular weight is 1620 g/mol. The van der Waals surface area contributed by atoms with Gasteiger partial charge in [-0.05, 0) is 144 Å². The Bertz CT molecular complexity index is 3730. The molecule has 3 heterocycles. The molecular weight excluding hydrogens is 1500 g/mol. The zero-order chi connectivity index (χ0) is 82.6. The Kier molecular flexibility index (Phi) is 36.5. The van der Waals surface area contributed by atoms with Crippen LogP contribution in [0.1, 0.15) is 181 Å². The first-order valence-electron chi connectivity index (χ1n) is 39.5. The molecule has 4 aliphatic rings. The first-order chi connectivity index (χ1) is 53.7. The molecular formula is C78H119N15O18S2. The fourth-order valence-electron chi connectivity index (χ4n) is 14.5. The number of aliphatic carboxylic acids is 1. The normalized spacial score (nSPS) is 29.2. The fraction of sp³-hybridized carbons (Fsp3) is 0.654. The molecule has 1 unspecified atom stereocenters. The lowest BCUT2D eigenvalue weighted by Crippen LogP contribution is -2.63. The van der Waals surface area contributed by atoms with Crippen LogP contribution >= 0.6 is 23.5 Å². The number of amides is 12. The van der Waals surface area contributed by atoms with Gasteiger partial charge in [0.15, 0.2) is 0 Å². The minimum Gasteiger partial charge on any atom is -0.481 e. The lowest BCUT2D eigenvalue weighted by Gasteiger charge is -2.34. The molecule has 3 fully saturated rings. The molecule has 33 nitrogen and oxygen atoms in total. The first kappa shape index (κ1) is 91.7. The van der Waals surface area contributed by atoms with Gasteiger partial charge in [0, 0.05) is 78.6 Å². The lowest BCUT2D eigenvalue weighted by atomic mass is 9.82. The number of hydrogen-bond acceptors (Lipinski definition) is 21. The summed E-state index contributed by atoms with van der Waals surface area (Å²) < 4.78 is 0. The molecule has 2 bridgehead atoms. The number of aliphatic hydroxyl groups excluding tert-OH is 4. The van der Waals surface area contributed by atoms with Crippen molar-refractivity contribution in [3.05, 3.63) is 71.4 Å². The highest BCUT2D eigenvalue weighted by Gasteiger charge is 2.42. The molecule has 2 aliphatic heterocycles. The molecule has 12 amide bonds. The zero-order valence-corrected chi connectivity index (χ0v) is 67.3. The zero-order valence-electron chi connectivity index (χ0n) is 65.7. The van der Waals surface area contributed by atoms with Gasteiger partial charge in [-0.2, -0.15) is 23.5 Å². The average Bonchev–Trinajstić information content (AvgIpc) is 1.75. The molecule has 2 saturated carbocycles. The van der Waals surface area contributed by atoms with Gasteiger partial charge in [-0.25, -0.2) is 0 Å². The number of carbonyl (C=O) groups excluding carboxylic acids is 12. The van der Waals surface area contributed by atoms with Crippen molar-refractivity contribution in [3.8, 4) is 0 Å². The number of aliphatic hydroxyl groups is 4. The van der Waals surface area contributed by atoms with Crippen LogP contribution in [-0.2, 0) is 80.3 Å². The second-order valence-electron chi connectivity index (χ2n) is 31.5. The van der Waals surface area contributed by atoms with Gasteiger partial charge < -0.3 is 105 Å². The molecule has 1 saturated heterocycles. The van der Waals surface area contributed by atoms with E-state index < -0.39 is 192 Å². The fourth-order valence-corrected chi connectivity index (χ4v) is 16.4. The van der Waals surface area contributed by atoms with Crippen LogP contribution < -0.4 is 74.9 Å². The third kappa shape index (κ3) is 29.4. The Morgan fingerprint density at radius 1 is 0.540 bits per heavy atom. The van der Waals surface area contributed by atoms with E-state index in [4.69, 9.17) is 5.73 Å². The summed E-state index contributed by atoms with van der Waals surface area (Å²) in [6, 6.07) is -2.17. The molecule has 35 heteroatoms. The van der Waals surface area contributed by atoms with E-state index in [-0.39, 0.29) is 75.4 Å². The van der Waals surface area contributed by atoms with Crippen LogP contribution in [0.5, 0.6) is 0 Å². The van der Waals surface area contributed by atoms with E-state index in [9.17, 15) is 78.3 Å². The number of primary amides is 1. The summed E-state index contributed by atoms with van der Waals surface area (Å²) in [5, 5.41) is 90.1. The quantitative estimate of drug-likeness (QED) is 0.0807. The van der Waals surface area contributed by atoms with Crippen molar-refractivity contribution in [2.45, 2.75) is 279 Å². The van der Waals surface area contributed by atoms with Gasteiger partial charge in [-0.3, -0.25) is 62.3 Å². The van der Waals surface area contributed by atoms with Gasteiger partial charge >= 0.3 is 5.97 Å². The number of aromatic nitrogens is 1. The molecule has 3 aromatic rings. The highest BCUT2D eigenvalue weighted by Crippen LogP contribution is 2.31. The van der Waals surface area contributed by atoms with Gasteiger partial charge in [0.25, 0.3) is 0 Å². The van der Waals surface area contributed by atoms with Crippen molar-refractivity contribution in [3.63, 3.8) is 0 Å². The van der Waals surface area contributed by atoms with Crippen molar-refractivity contribution in [2.24, 2.45) is 23.0 Å². The molecule has 1 aromatic heterocycles. The van der Waals surface area contributed by atoms with Gasteiger partial charge in [0.2, 0.25) is 70.9 Å². The molecule has 2 aliphatic carbocycles. The van der Waals surface area contributed by atoms with Crippen LogP contribution in [0.4, 0.5) is 0 Å².